The van der Waals surface area contributed by atoms with E-state index in [4.69, 9.17) is 5.73 Å². The molecule has 140 valence electrons. The Balaban J connectivity index is 0.00000210. The molecule has 0 bridgehead atoms. The predicted octanol–water partition coefficient (Wildman–Crippen LogP) is 1.58. The Morgan fingerprint density at radius 1 is 1.00 bits per heavy atom. The maximum absolute atomic E-state index is 12.8. The summed E-state index contributed by atoms with van der Waals surface area (Å²) in [5.41, 5.74) is 9.17. The summed E-state index contributed by atoms with van der Waals surface area (Å²) in [6, 6.07) is 15.3. The fraction of sp³-hybridized carbons (Fsp3) is 0.250. The Labute approximate surface area is 163 Å². The molecule has 0 unspecified atom stereocenters. The van der Waals surface area contributed by atoms with E-state index in [0.717, 1.165) is 16.7 Å². The summed E-state index contributed by atoms with van der Waals surface area (Å²) < 4.78 is 0. The maximum Gasteiger partial charge on any atom is 0.253 e. The third kappa shape index (κ3) is 3.46. The van der Waals surface area contributed by atoms with Gasteiger partial charge in [-0.2, -0.15) is 0 Å². The second kappa shape index (κ2) is 7.50. The number of nitrogens with one attached hydrogen (secondary N) is 1. The van der Waals surface area contributed by atoms with Gasteiger partial charge < -0.3 is 10.6 Å². The van der Waals surface area contributed by atoms with E-state index in [0.29, 0.717) is 12.1 Å². The topological polar surface area (TPSA) is 92.5 Å². The van der Waals surface area contributed by atoms with Crippen LogP contribution >= 0.6 is 12.4 Å². The maximum atomic E-state index is 12.8. The molecule has 2 fully saturated rings. The lowest BCUT2D eigenvalue weighted by atomic mass is 10.00. The number of halogens is 1. The summed E-state index contributed by atoms with van der Waals surface area (Å²) in [6.07, 6.45) is 0. The van der Waals surface area contributed by atoms with Gasteiger partial charge in [-0.05, 0) is 28.8 Å². The molecule has 27 heavy (non-hydrogen) atoms. The zero-order valence-corrected chi connectivity index (χ0v) is 15.4. The largest absolute Gasteiger partial charge is 0.337 e. The number of fused-ring (bicyclic) bond motifs is 1. The molecule has 0 radical (unpaired) electrons. The first-order valence-corrected chi connectivity index (χ1v) is 8.60. The number of imide groups is 1. The van der Waals surface area contributed by atoms with Crippen molar-refractivity contribution in [1.82, 2.24) is 10.2 Å². The number of carbonyl (C=O) groups is 3. The van der Waals surface area contributed by atoms with Crippen molar-refractivity contribution in [3.8, 4) is 11.1 Å². The van der Waals surface area contributed by atoms with Gasteiger partial charge in [-0.25, -0.2) is 0 Å². The van der Waals surface area contributed by atoms with Crippen LogP contribution in [0, 0.1) is 11.8 Å². The molecule has 2 aromatic rings. The highest BCUT2D eigenvalue weighted by Gasteiger charge is 2.48. The molecule has 2 aliphatic heterocycles. The zero-order chi connectivity index (χ0) is 18.3. The fourth-order valence-corrected chi connectivity index (χ4v) is 3.66. The summed E-state index contributed by atoms with van der Waals surface area (Å²) >= 11 is 0. The molecule has 2 aliphatic rings. The molecule has 2 atom stereocenters. The van der Waals surface area contributed by atoms with Crippen LogP contribution < -0.4 is 11.1 Å². The smallest absolute Gasteiger partial charge is 0.253 e. The predicted molar refractivity (Wildman–Crippen MR) is 103 cm³/mol. The number of nitrogens with zero attached hydrogens (tertiary/aromatic N) is 1. The van der Waals surface area contributed by atoms with Crippen LogP contribution in [0.3, 0.4) is 0 Å². The van der Waals surface area contributed by atoms with Gasteiger partial charge in [-0.3, -0.25) is 19.7 Å². The van der Waals surface area contributed by atoms with Crippen molar-refractivity contribution in [2.75, 3.05) is 13.1 Å². The summed E-state index contributed by atoms with van der Waals surface area (Å²) in [5.74, 6) is -1.54. The molecule has 0 aliphatic carbocycles. The highest BCUT2D eigenvalue weighted by molar-refractivity contribution is 6.07. The average molecular weight is 386 g/mol. The number of amides is 3. The molecule has 3 amide bonds. The first kappa shape index (κ1) is 19.1. The van der Waals surface area contributed by atoms with Crippen molar-refractivity contribution >= 4 is 30.1 Å². The average Bonchev–Trinajstić information content (AvgIpc) is 3.23. The lowest BCUT2D eigenvalue weighted by Gasteiger charge is -2.17. The van der Waals surface area contributed by atoms with E-state index >= 15 is 0 Å². The van der Waals surface area contributed by atoms with Crippen LogP contribution in [-0.2, 0) is 16.1 Å². The Kier molecular flexibility index (Phi) is 5.30. The molecule has 0 spiro atoms. The van der Waals surface area contributed by atoms with E-state index < -0.39 is 11.8 Å². The minimum absolute atomic E-state index is 0. The van der Waals surface area contributed by atoms with Crippen molar-refractivity contribution in [3.63, 3.8) is 0 Å². The highest BCUT2D eigenvalue weighted by atomic mass is 35.5. The lowest BCUT2D eigenvalue weighted by molar-refractivity contribution is -0.126. The van der Waals surface area contributed by atoms with Gasteiger partial charge in [0.2, 0.25) is 11.8 Å². The molecule has 0 aromatic heterocycles. The third-order valence-electron chi connectivity index (χ3n) is 5.16. The van der Waals surface area contributed by atoms with Crippen LogP contribution in [0.1, 0.15) is 15.9 Å². The zero-order valence-electron chi connectivity index (χ0n) is 14.6. The Hall–Kier alpha value is -2.70. The van der Waals surface area contributed by atoms with E-state index in [-0.39, 0.29) is 43.2 Å². The number of hydrogen-bond acceptors (Lipinski definition) is 4. The second-order valence-corrected chi connectivity index (χ2v) is 6.76. The molecular formula is C20H20ClN3O3. The van der Waals surface area contributed by atoms with Crippen LogP contribution in [0.5, 0.6) is 0 Å². The van der Waals surface area contributed by atoms with Crippen molar-refractivity contribution in [1.29, 1.82) is 0 Å². The van der Waals surface area contributed by atoms with Gasteiger partial charge in [-0.1, -0.05) is 36.4 Å². The third-order valence-corrected chi connectivity index (χ3v) is 5.16. The summed E-state index contributed by atoms with van der Waals surface area (Å²) in [4.78, 5) is 38.0. The minimum atomic E-state index is -0.418. The Morgan fingerprint density at radius 2 is 1.63 bits per heavy atom. The second-order valence-electron chi connectivity index (χ2n) is 6.76. The molecule has 2 heterocycles. The highest BCUT2D eigenvalue weighted by Crippen LogP contribution is 2.30. The standard InChI is InChI=1S/C20H19N3O3.ClH/c21-9-12-4-6-13(7-5-12)14-2-1-3-15(8-14)20(26)23-10-16-17(11-23)19(25)22-18(16)24;/h1-8,16-17H,9-11,21H2,(H,22,24,25);1H/t16-,17+;. The number of carbonyl (C=O) groups excluding carboxylic acids is 3. The van der Waals surface area contributed by atoms with Gasteiger partial charge >= 0.3 is 0 Å². The molecule has 2 aromatic carbocycles. The van der Waals surface area contributed by atoms with Gasteiger partial charge in [0.05, 0.1) is 11.8 Å². The van der Waals surface area contributed by atoms with Gasteiger partial charge in [-0.15, -0.1) is 12.4 Å². The van der Waals surface area contributed by atoms with E-state index in [1.807, 2.05) is 42.5 Å². The minimum Gasteiger partial charge on any atom is -0.337 e. The Morgan fingerprint density at radius 3 is 2.22 bits per heavy atom. The van der Waals surface area contributed by atoms with Crippen LogP contribution in [0.2, 0.25) is 0 Å². The molecule has 3 N–H and O–H groups in total. The lowest BCUT2D eigenvalue weighted by Crippen LogP contribution is -2.35. The van der Waals surface area contributed by atoms with Gasteiger partial charge in [0.25, 0.3) is 5.91 Å². The van der Waals surface area contributed by atoms with Crippen molar-refractivity contribution < 1.29 is 14.4 Å². The molecule has 2 saturated heterocycles. The van der Waals surface area contributed by atoms with Crippen LogP contribution in [0.15, 0.2) is 48.5 Å². The molecular weight excluding hydrogens is 366 g/mol. The number of benzene rings is 2. The number of rotatable bonds is 3. The normalized spacial score (nSPS) is 20.9. The van der Waals surface area contributed by atoms with Gasteiger partial charge in [0.1, 0.15) is 0 Å². The van der Waals surface area contributed by atoms with E-state index in [1.54, 1.807) is 11.0 Å². The molecule has 6 nitrogen and oxygen atoms in total. The summed E-state index contributed by atoms with van der Waals surface area (Å²) in [7, 11) is 0. The van der Waals surface area contributed by atoms with Crippen molar-refractivity contribution in [2.45, 2.75) is 6.54 Å². The monoisotopic (exact) mass is 385 g/mol. The van der Waals surface area contributed by atoms with Gasteiger partial charge in [0, 0.05) is 25.2 Å². The molecule has 0 saturated carbocycles. The number of nitrogens with two attached hydrogens (primary N) is 1. The molecule has 4 rings (SSSR count). The molecule has 7 heteroatoms. The summed E-state index contributed by atoms with van der Waals surface area (Å²) in [5, 5.41) is 2.33. The summed E-state index contributed by atoms with van der Waals surface area (Å²) in [6.45, 7) is 1.06. The number of hydrogen-bond donors (Lipinski definition) is 2. The van der Waals surface area contributed by atoms with Gasteiger partial charge in [0.15, 0.2) is 0 Å². The quantitative estimate of drug-likeness (QED) is 0.784. The van der Waals surface area contributed by atoms with E-state index in [9.17, 15) is 14.4 Å². The first-order chi connectivity index (χ1) is 12.6. The SMILES string of the molecule is Cl.NCc1ccc(-c2cccc(C(=O)N3C[C@@H]4C(=O)NC(=O)[C@@H]4C3)c2)cc1. The van der Waals surface area contributed by atoms with E-state index in [2.05, 4.69) is 5.32 Å². The van der Waals surface area contributed by atoms with E-state index in [1.165, 1.54) is 0 Å². The van der Waals surface area contributed by atoms with Crippen LogP contribution in [-0.4, -0.2) is 35.7 Å². The van der Waals surface area contributed by atoms with Crippen LogP contribution in [0.4, 0.5) is 0 Å². The Bertz CT molecular complexity index is 876. The number of likely N-dealkylation sites (tertiary alicyclic amines) is 1. The van der Waals surface area contributed by atoms with Crippen molar-refractivity contribution in [3.05, 3.63) is 59.7 Å². The first-order valence-electron chi connectivity index (χ1n) is 8.60. The van der Waals surface area contributed by atoms with Crippen molar-refractivity contribution in [2.24, 2.45) is 17.6 Å². The fourth-order valence-electron chi connectivity index (χ4n) is 3.66. The van der Waals surface area contributed by atoms with Crippen LogP contribution in [0.25, 0.3) is 11.1 Å².